The number of para-hydroxylation sites is 1. The van der Waals surface area contributed by atoms with E-state index in [4.69, 9.17) is 4.98 Å². The molecule has 6 nitrogen and oxygen atoms in total. The van der Waals surface area contributed by atoms with Crippen molar-refractivity contribution in [3.8, 4) is 5.69 Å². The number of aromatic amines is 1. The standard InChI is InChI=1S/C19H17N5OS2/c1-11-5-2-3-7-13(11)24-10-20-23-19(24)26-9-15-21-17(25)16-12-6-4-8-14(12)27-18(16)22-15/h2-3,5,7,10H,4,6,8-9H2,1H3,(H,21,22,25). The largest absolute Gasteiger partial charge is 0.309 e. The summed E-state index contributed by atoms with van der Waals surface area (Å²) in [7, 11) is 0. The number of nitrogens with zero attached hydrogens (tertiary/aromatic N) is 4. The Kier molecular flexibility index (Phi) is 4.09. The normalized spacial score (nSPS) is 13.4. The summed E-state index contributed by atoms with van der Waals surface area (Å²) in [5.41, 5.74) is 3.40. The third kappa shape index (κ3) is 2.89. The topological polar surface area (TPSA) is 76.5 Å². The van der Waals surface area contributed by atoms with Crippen LogP contribution in [0.25, 0.3) is 15.9 Å². The summed E-state index contributed by atoms with van der Waals surface area (Å²) >= 11 is 3.19. The Morgan fingerprint density at radius 1 is 1.30 bits per heavy atom. The first kappa shape index (κ1) is 16.7. The molecule has 1 aliphatic rings. The van der Waals surface area contributed by atoms with E-state index in [0.717, 1.165) is 45.9 Å². The lowest BCUT2D eigenvalue weighted by molar-refractivity contribution is 0.875. The van der Waals surface area contributed by atoms with E-state index in [0.29, 0.717) is 11.6 Å². The van der Waals surface area contributed by atoms with Gasteiger partial charge in [-0.2, -0.15) is 0 Å². The molecule has 5 rings (SSSR count). The highest BCUT2D eigenvalue weighted by atomic mass is 32.2. The van der Waals surface area contributed by atoms with Crippen LogP contribution in [0.15, 0.2) is 40.5 Å². The molecule has 3 aromatic heterocycles. The van der Waals surface area contributed by atoms with Gasteiger partial charge in [0.15, 0.2) is 5.16 Å². The second kappa shape index (κ2) is 6.61. The molecule has 0 aliphatic heterocycles. The van der Waals surface area contributed by atoms with Crippen LogP contribution in [0.1, 0.15) is 28.2 Å². The Bertz CT molecular complexity index is 1210. The maximum Gasteiger partial charge on any atom is 0.259 e. The Balaban J connectivity index is 1.44. The zero-order valence-electron chi connectivity index (χ0n) is 14.7. The molecular formula is C19H17N5OS2. The van der Waals surface area contributed by atoms with Gasteiger partial charge in [0.05, 0.1) is 16.8 Å². The highest BCUT2D eigenvalue weighted by Gasteiger charge is 2.21. The van der Waals surface area contributed by atoms with Gasteiger partial charge in [-0.1, -0.05) is 30.0 Å². The number of thiophene rings is 1. The molecule has 0 unspecified atom stereocenters. The van der Waals surface area contributed by atoms with Gasteiger partial charge < -0.3 is 4.98 Å². The van der Waals surface area contributed by atoms with E-state index in [9.17, 15) is 4.79 Å². The summed E-state index contributed by atoms with van der Waals surface area (Å²) in [5, 5.41) is 9.86. The second-order valence-corrected chi connectivity index (χ2v) is 8.63. The predicted molar refractivity (Wildman–Crippen MR) is 108 cm³/mol. The number of nitrogens with one attached hydrogen (secondary N) is 1. The molecule has 8 heteroatoms. The maximum atomic E-state index is 12.6. The van der Waals surface area contributed by atoms with Gasteiger partial charge in [-0.15, -0.1) is 21.5 Å². The van der Waals surface area contributed by atoms with Crippen molar-refractivity contribution in [2.24, 2.45) is 0 Å². The number of rotatable bonds is 4. The fourth-order valence-corrected chi connectivity index (χ4v) is 5.64. The van der Waals surface area contributed by atoms with Crippen molar-refractivity contribution < 1.29 is 0 Å². The van der Waals surface area contributed by atoms with Crippen LogP contribution in [-0.4, -0.2) is 24.7 Å². The van der Waals surface area contributed by atoms with Crippen LogP contribution in [0.4, 0.5) is 0 Å². The second-order valence-electron chi connectivity index (χ2n) is 6.61. The van der Waals surface area contributed by atoms with Crippen molar-refractivity contribution in [2.45, 2.75) is 37.1 Å². The lowest BCUT2D eigenvalue weighted by Crippen LogP contribution is -2.11. The van der Waals surface area contributed by atoms with Crippen LogP contribution >= 0.6 is 23.1 Å². The molecule has 3 heterocycles. The quantitative estimate of drug-likeness (QED) is 0.534. The first-order valence-electron chi connectivity index (χ1n) is 8.83. The molecule has 0 radical (unpaired) electrons. The van der Waals surface area contributed by atoms with Crippen molar-refractivity contribution in [1.82, 2.24) is 24.7 Å². The number of H-pyrrole nitrogens is 1. The highest BCUT2D eigenvalue weighted by molar-refractivity contribution is 7.98. The number of hydrogen-bond donors (Lipinski definition) is 1. The van der Waals surface area contributed by atoms with Crippen LogP contribution < -0.4 is 5.56 Å². The smallest absolute Gasteiger partial charge is 0.259 e. The molecule has 4 aromatic rings. The van der Waals surface area contributed by atoms with Gasteiger partial charge in [-0.05, 0) is 43.4 Å². The molecule has 0 fully saturated rings. The zero-order chi connectivity index (χ0) is 18.4. The predicted octanol–water partition coefficient (Wildman–Crippen LogP) is 3.65. The van der Waals surface area contributed by atoms with E-state index in [1.807, 2.05) is 22.8 Å². The van der Waals surface area contributed by atoms with Crippen LogP contribution in [0.3, 0.4) is 0 Å². The van der Waals surface area contributed by atoms with Gasteiger partial charge >= 0.3 is 0 Å². The van der Waals surface area contributed by atoms with Gasteiger partial charge in [0.25, 0.3) is 5.56 Å². The summed E-state index contributed by atoms with van der Waals surface area (Å²) < 4.78 is 1.97. The van der Waals surface area contributed by atoms with E-state index in [1.165, 1.54) is 22.2 Å². The molecule has 136 valence electrons. The lowest BCUT2D eigenvalue weighted by atomic mass is 10.2. The van der Waals surface area contributed by atoms with E-state index < -0.39 is 0 Å². The van der Waals surface area contributed by atoms with Crippen molar-refractivity contribution in [1.29, 1.82) is 0 Å². The summed E-state index contributed by atoms with van der Waals surface area (Å²) in [6.07, 6.45) is 4.92. The SMILES string of the molecule is Cc1ccccc1-n1cnnc1SCc1nc2sc3c(c2c(=O)[nH]1)CCC3. The maximum absolute atomic E-state index is 12.6. The Morgan fingerprint density at radius 3 is 3.07 bits per heavy atom. The third-order valence-corrected chi connectivity index (χ3v) is 6.99. The molecule has 1 aromatic carbocycles. The van der Waals surface area contributed by atoms with Crippen molar-refractivity contribution in [3.63, 3.8) is 0 Å². The number of benzene rings is 1. The molecular weight excluding hydrogens is 378 g/mol. The summed E-state index contributed by atoms with van der Waals surface area (Å²) in [6.45, 7) is 2.06. The molecule has 0 atom stereocenters. The summed E-state index contributed by atoms with van der Waals surface area (Å²) in [5.74, 6) is 1.22. The van der Waals surface area contributed by atoms with E-state index >= 15 is 0 Å². The average molecular weight is 396 g/mol. The van der Waals surface area contributed by atoms with Gasteiger partial charge in [0.1, 0.15) is 17.0 Å². The molecule has 27 heavy (non-hydrogen) atoms. The van der Waals surface area contributed by atoms with E-state index in [1.54, 1.807) is 17.7 Å². The average Bonchev–Trinajstić information content (AvgIpc) is 3.35. The van der Waals surface area contributed by atoms with Gasteiger partial charge in [0.2, 0.25) is 0 Å². The number of hydrogen-bond acceptors (Lipinski definition) is 6. The van der Waals surface area contributed by atoms with Crippen LogP contribution in [0.2, 0.25) is 0 Å². The monoisotopic (exact) mass is 395 g/mol. The highest BCUT2D eigenvalue weighted by Crippen LogP contribution is 2.34. The Morgan fingerprint density at radius 2 is 2.19 bits per heavy atom. The molecule has 0 amide bonds. The first-order valence-corrected chi connectivity index (χ1v) is 10.6. The van der Waals surface area contributed by atoms with Crippen LogP contribution in [-0.2, 0) is 18.6 Å². The number of aromatic nitrogens is 5. The van der Waals surface area contributed by atoms with Crippen molar-refractivity contribution in [3.05, 3.63) is 62.8 Å². The zero-order valence-corrected chi connectivity index (χ0v) is 16.4. The van der Waals surface area contributed by atoms with Gasteiger partial charge in [0, 0.05) is 4.88 Å². The molecule has 1 aliphatic carbocycles. The van der Waals surface area contributed by atoms with Crippen LogP contribution in [0, 0.1) is 6.92 Å². The first-order chi connectivity index (χ1) is 13.2. The molecule has 1 N–H and O–H groups in total. The number of thioether (sulfide) groups is 1. The molecule has 0 bridgehead atoms. The fourth-order valence-electron chi connectivity index (χ4n) is 3.57. The third-order valence-electron chi connectivity index (χ3n) is 4.85. The minimum atomic E-state index is -0.0182. The van der Waals surface area contributed by atoms with E-state index in [2.05, 4.69) is 28.2 Å². The Labute approximate surface area is 163 Å². The van der Waals surface area contributed by atoms with Gasteiger partial charge in [-0.3, -0.25) is 9.36 Å². The van der Waals surface area contributed by atoms with E-state index in [-0.39, 0.29) is 5.56 Å². The van der Waals surface area contributed by atoms with Crippen molar-refractivity contribution >= 4 is 33.3 Å². The number of fused-ring (bicyclic) bond motifs is 3. The fraction of sp³-hybridized carbons (Fsp3) is 0.263. The Hall–Kier alpha value is -2.45. The van der Waals surface area contributed by atoms with Crippen molar-refractivity contribution in [2.75, 3.05) is 0 Å². The summed E-state index contributed by atoms with van der Waals surface area (Å²) in [4.78, 5) is 22.4. The minimum Gasteiger partial charge on any atom is -0.309 e. The molecule has 0 saturated carbocycles. The number of aryl methyl sites for hydroxylation is 3. The summed E-state index contributed by atoms with van der Waals surface area (Å²) in [6, 6.07) is 8.12. The molecule has 0 spiro atoms. The molecule has 0 saturated heterocycles. The minimum absolute atomic E-state index is 0.0182. The lowest BCUT2D eigenvalue weighted by Gasteiger charge is -2.08. The van der Waals surface area contributed by atoms with Gasteiger partial charge in [-0.25, -0.2) is 4.98 Å². The van der Waals surface area contributed by atoms with Crippen LogP contribution in [0.5, 0.6) is 0 Å².